The van der Waals surface area contributed by atoms with Crippen LogP contribution in [0.4, 0.5) is 0 Å². The summed E-state index contributed by atoms with van der Waals surface area (Å²) in [6.45, 7) is 3.61. The van der Waals surface area contributed by atoms with Crippen LogP contribution in [0.1, 0.15) is 6.42 Å². The molecule has 0 aliphatic heterocycles. The second-order valence-corrected chi connectivity index (χ2v) is 2.65. The molecule has 0 aromatic heterocycles. The summed E-state index contributed by atoms with van der Waals surface area (Å²) in [6, 6.07) is 0. The third kappa shape index (κ3) is 7.74. The molecule has 4 heteroatoms. The van der Waals surface area contributed by atoms with Crippen molar-refractivity contribution in [3.63, 3.8) is 0 Å². The number of hydrogen-bond acceptors (Lipinski definition) is 4. The lowest BCUT2D eigenvalue weighted by Gasteiger charge is -2.16. The molecule has 0 radical (unpaired) electrons. The van der Waals surface area contributed by atoms with Gasteiger partial charge >= 0.3 is 0 Å². The van der Waals surface area contributed by atoms with Crippen LogP contribution in [0.5, 0.6) is 0 Å². The minimum Gasteiger partial charge on any atom is -0.320 e. The predicted molar refractivity (Wildman–Crippen MR) is 48.2 cm³/mol. The zero-order valence-corrected chi connectivity index (χ0v) is 7.56. The van der Waals surface area contributed by atoms with Crippen LogP contribution in [0.2, 0.25) is 0 Å². The van der Waals surface area contributed by atoms with Gasteiger partial charge < -0.3 is 11.1 Å². The van der Waals surface area contributed by atoms with Gasteiger partial charge in [-0.3, -0.25) is 10.2 Å². The highest BCUT2D eigenvalue weighted by Gasteiger charge is 1.94. The van der Waals surface area contributed by atoms with Gasteiger partial charge in [-0.15, -0.1) is 0 Å². The van der Waals surface area contributed by atoms with Gasteiger partial charge in [0.15, 0.2) is 0 Å². The molecular formula is C7H20N4. The monoisotopic (exact) mass is 160 g/mol. The highest BCUT2D eigenvalue weighted by atomic mass is 15.2. The lowest BCUT2D eigenvalue weighted by atomic mass is 10.4. The normalized spacial score (nSPS) is 10.9. The molecule has 68 valence electrons. The number of rotatable bonds is 7. The zero-order valence-electron chi connectivity index (χ0n) is 7.56. The topological polar surface area (TPSA) is 53.3 Å². The standard InChI is InChI=1S/C7H20N4/c1-9-4-3-5-11(2)7-10-6-8/h9-10H,3-8H2,1-2H3. The Bertz CT molecular complexity index is 76.8. The van der Waals surface area contributed by atoms with Crippen LogP contribution in [0.3, 0.4) is 0 Å². The molecule has 0 fully saturated rings. The molecule has 0 atom stereocenters. The van der Waals surface area contributed by atoms with Gasteiger partial charge in [0.2, 0.25) is 0 Å². The van der Waals surface area contributed by atoms with Crippen LogP contribution in [0, 0.1) is 0 Å². The SMILES string of the molecule is CNCCCN(C)CNCN. The fraction of sp³-hybridized carbons (Fsp3) is 1.00. The van der Waals surface area contributed by atoms with E-state index in [0.29, 0.717) is 6.67 Å². The Hall–Kier alpha value is -0.160. The summed E-state index contributed by atoms with van der Waals surface area (Å²) in [5.74, 6) is 0. The van der Waals surface area contributed by atoms with E-state index in [1.54, 1.807) is 0 Å². The van der Waals surface area contributed by atoms with Crippen molar-refractivity contribution in [1.82, 2.24) is 15.5 Å². The van der Waals surface area contributed by atoms with Gasteiger partial charge in [-0.1, -0.05) is 0 Å². The summed E-state index contributed by atoms with van der Waals surface area (Å²) in [5.41, 5.74) is 5.28. The van der Waals surface area contributed by atoms with Gasteiger partial charge in [0.05, 0.1) is 0 Å². The average Bonchev–Trinajstić information content (AvgIpc) is 2.01. The molecule has 0 aliphatic rings. The maximum absolute atomic E-state index is 5.28. The maximum atomic E-state index is 5.28. The molecular weight excluding hydrogens is 140 g/mol. The van der Waals surface area contributed by atoms with Crippen molar-refractivity contribution >= 4 is 0 Å². The smallest absolute Gasteiger partial charge is 0.0487 e. The summed E-state index contributed by atoms with van der Waals surface area (Å²) in [4.78, 5) is 2.21. The lowest BCUT2D eigenvalue weighted by molar-refractivity contribution is 0.304. The molecule has 4 N–H and O–H groups in total. The Morgan fingerprint density at radius 3 is 2.73 bits per heavy atom. The van der Waals surface area contributed by atoms with Gasteiger partial charge in [-0.25, -0.2) is 0 Å². The fourth-order valence-electron chi connectivity index (χ4n) is 0.860. The van der Waals surface area contributed by atoms with Gasteiger partial charge in [-0.2, -0.15) is 0 Å². The van der Waals surface area contributed by atoms with Crippen LogP contribution in [-0.2, 0) is 0 Å². The van der Waals surface area contributed by atoms with Crippen LogP contribution in [-0.4, -0.2) is 45.4 Å². The Balaban J connectivity index is 3.02. The predicted octanol–water partition coefficient (Wildman–Crippen LogP) is -1.01. The summed E-state index contributed by atoms with van der Waals surface area (Å²) in [5, 5.41) is 6.17. The first-order valence-electron chi connectivity index (χ1n) is 4.05. The Kier molecular flexibility index (Phi) is 7.83. The number of nitrogens with one attached hydrogen (secondary N) is 2. The van der Waals surface area contributed by atoms with Crippen molar-refractivity contribution in [3.05, 3.63) is 0 Å². The fourth-order valence-corrected chi connectivity index (χ4v) is 0.860. The van der Waals surface area contributed by atoms with E-state index in [9.17, 15) is 0 Å². The minimum absolute atomic E-state index is 0.552. The summed E-state index contributed by atoms with van der Waals surface area (Å²) < 4.78 is 0. The molecule has 0 aromatic rings. The number of nitrogens with zero attached hydrogens (tertiary/aromatic N) is 1. The largest absolute Gasteiger partial charge is 0.320 e. The van der Waals surface area contributed by atoms with Crippen molar-refractivity contribution < 1.29 is 0 Å². The Morgan fingerprint density at radius 2 is 2.18 bits per heavy atom. The Morgan fingerprint density at radius 1 is 1.45 bits per heavy atom. The van der Waals surface area contributed by atoms with Gasteiger partial charge in [0.1, 0.15) is 0 Å². The second kappa shape index (κ2) is 7.94. The molecule has 11 heavy (non-hydrogen) atoms. The molecule has 0 spiro atoms. The van der Waals surface area contributed by atoms with Crippen molar-refractivity contribution in [3.8, 4) is 0 Å². The molecule has 0 aliphatic carbocycles. The molecule has 0 unspecified atom stereocenters. The van der Waals surface area contributed by atoms with Crippen LogP contribution < -0.4 is 16.4 Å². The summed E-state index contributed by atoms with van der Waals surface area (Å²) in [6.07, 6.45) is 1.18. The van der Waals surface area contributed by atoms with E-state index in [1.807, 2.05) is 7.05 Å². The van der Waals surface area contributed by atoms with Crippen LogP contribution >= 0.6 is 0 Å². The lowest BCUT2D eigenvalue weighted by Crippen LogP contribution is -2.35. The average molecular weight is 160 g/mol. The Labute approximate surface area is 69.1 Å². The highest BCUT2D eigenvalue weighted by molar-refractivity contribution is 4.50. The van der Waals surface area contributed by atoms with Crippen molar-refractivity contribution in [2.75, 3.05) is 40.5 Å². The summed E-state index contributed by atoms with van der Waals surface area (Å²) >= 11 is 0. The number of hydrogen-bond donors (Lipinski definition) is 3. The van der Waals surface area contributed by atoms with Gasteiger partial charge in [-0.05, 0) is 27.1 Å². The van der Waals surface area contributed by atoms with Crippen molar-refractivity contribution in [2.45, 2.75) is 6.42 Å². The zero-order chi connectivity index (χ0) is 8.53. The van der Waals surface area contributed by atoms with E-state index in [-0.39, 0.29) is 0 Å². The first-order valence-corrected chi connectivity index (χ1v) is 4.05. The van der Waals surface area contributed by atoms with E-state index < -0.39 is 0 Å². The minimum atomic E-state index is 0.552. The third-order valence-corrected chi connectivity index (χ3v) is 1.49. The first-order chi connectivity index (χ1) is 5.31. The molecule has 0 amide bonds. The van der Waals surface area contributed by atoms with Gasteiger partial charge in [0, 0.05) is 19.9 Å². The molecule has 0 aromatic carbocycles. The quantitative estimate of drug-likeness (QED) is 0.330. The van der Waals surface area contributed by atoms with Crippen molar-refractivity contribution in [2.24, 2.45) is 5.73 Å². The maximum Gasteiger partial charge on any atom is 0.0487 e. The van der Waals surface area contributed by atoms with E-state index in [1.165, 1.54) is 6.42 Å². The van der Waals surface area contributed by atoms with E-state index in [4.69, 9.17) is 5.73 Å². The van der Waals surface area contributed by atoms with Crippen molar-refractivity contribution in [1.29, 1.82) is 0 Å². The molecule has 0 bridgehead atoms. The summed E-state index contributed by atoms with van der Waals surface area (Å²) in [7, 11) is 4.05. The number of nitrogens with two attached hydrogens (primary N) is 1. The first kappa shape index (κ1) is 10.8. The third-order valence-electron chi connectivity index (χ3n) is 1.49. The molecule has 0 saturated carbocycles. The van der Waals surface area contributed by atoms with E-state index in [0.717, 1.165) is 19.8 Å². The van der Waals surface area contributed by atoms with Crippen LogP contribution in [0.25, 0.3) is 0 Å². The molecule has 0 saturated heterocycles. The molecule has 0 rings (SSSR count). The molecule has 0 heterocycles. The van der Waals surface area contributed by atoms with Gasteiger partial charge in [0.25, 0.3) is 0 Å². The second-order valence-electron chi connectivity index (χ2n) is 2.65. The highest BCUT2D eigenvalue weighted by Crippen LogP contribution is 1.82. The van der Waals surface area contributed by atoms with E-state index in [2.05, 4.69) is 22.6 Å². The van der Waals surface area contributed by atoms with E-state index >= 15 is 0 Å². The van der Waals surface area contributed by atoms with Crippen LogP contribution in [0.15, 0.2) is 0 Å². The molecule has 4 nitrogen and oxygen atoms in total.